The molecule has 1 saturated heterocycles. The second kappa shape index (κ2) is 11.2. The lowest BCUT2D eigenvalue weighted by atomic mass is 9.82. The van der Waals surface area contributed by atoms with Crippen molar-refractivity contribution < 1.29 is 14.3 Å². The van der Waals surface area contributed by atoms with Gasteiger partial charge in [-0.15, -0.1) is 0 Å². The van der Waals surface area contributed by atoms with Gasteiger partial charge in [0.05, 0.1) is 35.0 Å². The van der Waals surface area contributed by atoms with Crippen molar-refractivity contribution in [1.29, 1.82) is 5.26 Å². The van der Waals surface area contributed by atoms with Gasteiger partial charge in [-0.2, -0.15) is 5.26 Å². The predicted molar refractivity (Wildman–Crippen MR) is 154 cm³/mol. The molecule has 38 heavy (non-hydrogen) atoms. The summed E-state index contributed by atoms with van der Waals surface area (Å²) < 4.78 is 7.98. The fraction of sp³-hybridized carbons (Fsp3) is 0.276. The van der Waals surface area contributed by atoms with Crippen LogP contribution >= 0.6 is 43.5 Å². The van der Waals surface area contributed by atoms with E-state index in [1.165, 1.54) is 0 Å². The van der Waals surface area contributed by atoms with E-state index in [1.54, 1.807) is 24.3 Å². The smallest absolute Gasteiger partial charge is 0.238 e. The topological polar surface area (TPSA) is 82.4 Å². The zero-order chi connectivity index (χ0) is 26.9. The van der Waals surface area contributed by atoms with E-state index < -0.39 is 11.5 Å². The summed E-state index contributed by atoms with van der Waals surface area (Å²) in [5.74, 6) is 0.0351. The molecule has 1 N–H and O–H groups in total. The molecule has 9 heteroatoms. The van der Waals surface area contributed by atoms with Crippen LogP contribution in [0.5, 0.6) is 5.75 Å². The number of carbonyl (C=O) groups excluding carboxylic acids is 2. The summed E-state index contributed by atoms with van der Waals surface area (Å²) in [5.41, 5.74) is 2.18. The average molecular weight is 658 g/mol. The highest BCUT2D eigenvalue weighted by atomic mass is 79.9. The Bertz CT molecular complexity index is 1430. The van der Waals surface area contributed by atoms with Gasteiger partial charge in [-0.05, 0) is 51.3 Å². The van der Waals surface area contributed by atoms with Crippen LogP contribution in [0.15, 0.2) is 69.6 Å². The molecule has 3 aromatic carbocycles. The lowest BCUT2D eigenvalue weighted by Gasteiger charge is -2.44. The lowest BCUT2D eigenvalue weighted by molar-refractivity contribution is -0.118. The number of fused-ring (bicyclic) bond motifs is 1. The number of ether oxygens (including phenoxy) is 1. The largest absolute Gasteiger partial charge is 0.485 e. The molecule has 1 atom stereocenters. The highest BCUT2D eigenvalue weighted by Crippen LogP contribution is 2.44. The molecule has 2 heterocycles. The van der Waals surface area contributed by atoms with Crippen molar-refractivity contribution in [2.75, 3.05) is 25.0 Å². The quantitative estimate of drug-likeness (QED) is 0.321. The third-order valence-electron chi connectivity index (χ3n) is 7.10. The molecule has 194 valence electrons. The number of likely N-dealkylation sites (tertiary alicyclic amines) is 1. The molecule has 2 aliphatic rings. The number of ketones is 1. The number of piperidine rings is 1. The first-order valence-corrected chi connectivity index (χ1v) is 14.2. The van der Waals surface area contributed by atoms with Crippen molar-refractivity contribution in [2.24, 2.45) is 0 Å². The minimum absolute atomic E-state index is 0.0747. The molecule has 0 aromatic heterocycles. The number of halogens is 3. The maximum atomic E-state index is 12.9. The number of carbonyl (C=O) groups is 2. The molecule has 0 aliphatic carbocycles. The molecule has 2 aliphatic heterocycles. The number of amides is 1. The van der Waals surface area contributed by atoms with Crippen LogP contribution in [0, 0.1) is 11.3 Å². The summed E-state index contributed by atoms with van der Waals surface area (Å²) in [6.45, 7) is 1.51. The summed E-state index contributed by atoms with van der Waals surface area (Å²) >= 11 is 13.5. The van der Waals surface area contributed by atoms with E-state index in [0.29, 0.717) is 59.9 Å². The Labute approximate surface area is 243 Å². The molecule has 0 bridgehead atoms. The van der Waals surface area contributed by atoms with E-state index in [-0.39, 0.29) is 18.2 Å². The van der Waals surface area contributed by atoms with Crippen LogP contribution in [-0.4, -0.2) is 41.8 Å². The van der Waals surface area contributed by atoms with Crippen molar-refractivity contribution >= 4 is 60.8 Å². The summed E-state index contributed by atoms with van der Waals surface area (Å²) in [6, 6.07) is 20.7. The molecule has 6 nitrogen and oxygen atoms in total. The number of hydrogen-bond donors (Lipinski definition) is 1. The Morgan fingerprint density at radius 1 is 1.13 bits per heavy atom. The maximum absolute atomic E-state index is 12.9. The van der Waals surface area contributed by atoms with E-state index in [9.17, 15) is 14.9 Å². The van der Waals surface area contributed by atoms with Crippen molar-refractivity contribution in [1.82, 2.24) is 4.90 Å². The monoisotopic (exact) mass is 655 g/mol. The number of anilines is 1. The Balaban J connectivity index is 1.19. The molecule has 0 radical (unpaired) electrons. The molecule has 1 unspecified atom stereocenters. The molecule has 1 amide bonds. The third-order valence-corrected chi connectivity index (χ3v) is 8.48. The van der Waals surface area contributed by atoms with Crippen LogP contribution in [0.3, 0.4) is 0 Å². The van der Waals surface area contributed by atoms with Crippen molar-refractivity contribution in [3.63, 3.8) is 0 Å². The van der Waals surface area contributed by atoms with Gasteiger partial charge in [-0.1, -0.05) is 63.9 Å². The molecule has 5 rings (SSSR count). The minimum atomic E-state index is -0.549. The lowest BCUT2D eigenvalue weighted by Crippen LogP contribution is -2.52. The van der Waals surface area contributed by atoms with Gasteiger partial charge < -0.3 is 10.1 Å². The van der Waals surface area contributed by atoms with Gasteiger partial charge in [0, 0.05) is 41.1 Å². The number of rotatable bonds is 5. The van der Waals surface area contributed by atoms with E-state index >= 15 is 0 Å². The number of nitriles is 1. The standard InChI is InChI=1S/C29H24Br2ClN3O3/c30-19-12-22-26(36)15-29(38-28(22)24(31)13-19)8-10-35(11-9-29)17-27(37)34-20-6-7-21(25(32)14-20)23(16-33)18-4-2-1-3-5-18/h1-7,12-14,23H,8-11,15,17H2,(H,34,37). The van der Waals surface area contributed by atoms with Crippen LogP contribution in [0.2, 0.25) is 5.02 Å². The van der Waals surface area contributed by atoms with Gasteiger partial charge in [0.2, 0.25) is 5.91 Å². The first kappa shape index (κ1) is 26.9. The summed E-state index contributed by atoms with van der Waals surface area (Å²) in [7, 11) is 0. The van der Waals surface area contributed by atoms with Gasteiger partial charge in [0.1, 0.15) is 11.4 Å². The molecule has 1 spiro atoms. The van der Waals surface area contributed by atoms with E-state index in [2.05, 4.69) is 48.1 Å². The zero-order valence-corrected chi connectivity index (χ0v) is 24.3. The van der Waals surface area contributed by atoms with Gasteiger partial charge in [0.15, 0.2) is 5.78 Å². The van der Waals surface area contributed by atoms with Crippen molar-refractivity contribution in [3.8, 4) is 11.8 Å². The Kier molecular flexibility index (Phi) is 7.92. The highest BCUT2D eigenvalue weighted by molar-refractivity contribution is 9.11. The first-order chi connectivity index (χ1) is 18.3. The minimum Gasteiger partial charge on any atom is -0.485 e. The summed E-state index contributed by atoms with van der Waals surface area (Å²) in [5, 5.41) is 13.1. The van der Waals surface area contributed by atoms with Gasteiger partial charge in [-0.25, -0.2) is 0 Å². The van der Waals surface area contributed by atoms with E-state index in [4.69, 9.17) is 16.3 Å². The number of hydrogen-bond acceptors (Lipinski definition) is 5. The Morgan fingerprint density at radius 2 is 1.87 bits per heavy atom. The fourth-order valence-electron chi connectivity index (χ4n) is 5.12. The third kappa shape index (κ3) is 5.67. The number of Topliss-reactive ketones (excluding diaryl/α,β-unsaturated/α-hetero) is 1. The van der Waals surface area contributed by atoms with Crippen molar-refractivity contribution in [3.05, 3.63) is 91.3 Å². The van der Waals surface area contributed by atoms with E-state index in [0.717, 1.165) is 14.5 Å². The molecule has 1 fully saturated rings. The highest BCUT2D eigenvalue weighted by Gasteiger charge is 2.43. The SMILES string of the molecule is N#CC(c1ccccc1)c1ccc(NC(=O)CN2CCC3(CC2)CC(=O)c2cc(Br)cc(Br)c2O3)cc1Cl. The number of nitrogens with one attached hydrogen (secondary N) is 1. The zero-order valence-electron chi connectivity index (χ0n) is 20.3. The summed E-state index contributed by atoms with van der Waals surface area (Å²) in [4.78, 5) is 27.8. The molecular weight excluding hydrogens is 634 g/mol. The normalized spacial score (nSPS) is 17.3. The Morgan fingerprint density at radius 3 is 2.55 bits per heavy atom. The van der Waals surface area contributed by atoms with Gasteiger partial charge in [-0.3, -0.25) is 14.5 Å². The number of benzene rings is 3. The number of nitrogens with zero attached hydrogens (tertiary/aromatic N) is 2. The average Bonchev–Trinajstić information content (AvgIpc) is 2.89. The first-order valence-electron chi connectivity index (χ1n) is 12.2. The second-order valence-corrected chi connectivity index (χ2v) is 11.9. The maximum Gasteiger partial charge on any atom is 0.238 e. The van der Waals surface area contributed by atoms with Crippen LogP contribution in [0.1, 0.15) is 46.7 Å². The van der Waals surface area contributed by atoms with Crippen LogP contribution in [0.4, 0.5) is 5.69 Å². The van der Waals surface area contributed by atoms with E-state index in [1.807, 2.05) is 36.4 Å². The van der Waals surface area contributed by atoms with Crippen LogP contribution in [-0.2, 0) is 4.79 Å². The van der Waals surface area contributed by atoms with Gasteiger partial charge in [0.25, 0.3) is 0 Å². The fourth-order valence-corrected chi connectivity index (χ4v) is 6.72. The van der Waals surface area contributed by atoms with Crippen molar-refractivity contribution in [2.45, 2.75) is 30.8 Å². The Hall–Kier alpha value is -2.70. The predicted octanol–water partition coefficient (Wildman–Crippen LogP) is 6.96. The molecular formula is C29H24Br2ClN3O3. The van der Waals surface area contributed by atoms with Crippen LogP contribution < -0.4 is 10.1 Å². The van der Waals surface area contributed by atoms with Crippen LogP contribution in [0.25, 0.3) is 0 Å². The molecule has 3 aromatic rings. The second-order valence-electron chi connectivity index (χ2n) is 9.68. The molecule has 0 saturated carbocycles. The van der Waals surface area contributed by atoms with Gasteiger partial charge >= 0.3 is 0 Å². The summed E-state index contributed by atoms with van der Waals surface area (Å²) in [6.07, 6.45) is 1.65.